The molecule has 1 radical (unpaired) electrons. The second-order valence-electron chi connectivity index (χ2n) is 20.1. The van der Waals surface area contributed by atoms with Gasteiger partial charge in [-0.25, -0.2) is 4.98 Å². The van der Waals surface area contributed by atoms with Crippen LogP contribution in [0.1, 0.15) is 114 Å². The van der Waals surface area contributed by atoms with E-state index in [-0.39, 0.29) is 48.6 Å². The molecular weight excluding hydrogens is 1030 g/mol. The van der Waals surface area contributed by atoms with Gasteiger partial charge in [-0.15, -0.1) is 18.2 Å². The predicted molar refractivity (Wildman–Crippen MR) is 275 cm³/mol. The fraction of sp³-hybridized carbons (Fsp3) is 0.254. The third-order valence-corrected chi connectivity index (χ3v) is 12.4. The van der Waals surface area contributed by atoms with Crippen molar-refractivity contribution in [2.24, 2.45) is 0 Å². The zero-order valence-electron chi connectivity index (χ0n) is 43.5. The Kier molecular flexibility index (Phi) is 11.5. The van der Waals surface area contributed by atoms with Crippen LogP contribution in [-0.4, -0.2) is 34.5 Å². The summed E-state index contributed by atoms with van der Waals surface area (Å²) in [5.41, 5.74) is 12.9. The van der Waals surface area contributed by atoms with Crippen LogP contribution in [0.25, 0.3) is 94.4 Å². The van der Waals surface area contributed by atoms with Crippen LogP contribution in [0.2, 0.25) is 0 Å². The van der Waals surface area contributed by atoms with Gasteiger partial charge in [0.1, 0.15) is 5.52 Å². The standard InChI is InChI=1S/C46H40N3O2.C13H15N4.Ir/c1-26(2)35-24-30(28-14-9-8-10-15-28)25-36(27(3)4)39(35)49-40-31-17-12-11-16-29(31)20-22-37(40)47-44(49)34-19-13-18-32-33-21-23-38-43(42(33)50-41(32)34)51-45(48-38)46(5,6)7;1-9-15-7-10(8-16-9)12-14-6-5-11(17-12)13(2,3)4;/h8-18,20-27H,1-7H3;5-7H,1-4H3;/q2*-1;/i;1D3;. The third kappa shape index (κ3) is 8.77. The summed E-state index contributed by atoms with van der Waals surface area (Å²) < 4.78 is 37.3. The summed E-state index contributed by atoms with van der Waals surface area (Å²) in [6.07, 6.45) is 5.69. The Morgan fingerprint density at radius 2 is 1.36 bits per heavy atom. The zero-order valence-corrected chi connectivity index (χ0v) is 42.9. The van der Waals surface area contributed by atoms with E-state index in [0.717, 1.165) is 55.4 Å². The summed E-state index contributed by atoms with van der Waals surface area (Å²) >= 11 is 0. The third-order valence-electron chi connectivity index (χ3n) is 12.4. The van der Waals surface area contributed by atoms with Crippen LogP contribution in [-0.2, 0) is 30.9 Å². The summed E-state index contributed by atoms with van der Waals surface area (Å²) in [6.45, 7) is 19.3. The molecule has 9 nitrogen and oxygen atoms in total. The number of aryl methyl sites for hydroxylation is 1. The molecule has 0 saturated heterocycles. The number of hydrogen-bond donors (Lipinski definition) is 0. The molecule has 10 heteroatoms. The summed E-state index contributed by atoms with van der Waals surface area (Å²) in [6, 6.07) is 42.0. The van der Waals surface area contributed by atoms with Crippen LogP contribution in [0.4, 0.5) is 0 Å². The topological polar surface area (TPSA) is 109 Å². The molecule has 349 valence electrons. The Balaban J connectivity index is 0.000000257. The van der Waals surface area contributed by atoms with Gasteiger partial charge in [0.2, 0.25) is 5.89 Å². The molecule has 6 aromatic carbocycles. The van der Waals surface area contributed by atoms with E-state index in [1.165, 1.54) is 39.5 Å². The molecule has 0 unspecified atom stereocenters. The van der Waals surface area contributed by atoms with Crippen molar-refractivity contribution in [2.75, 3.05) is 0 Å². The minimum atomic E-state index is -2.33. The molecule has 0 aliphatic heterocycles. The van der Waals surface area contributed by atoms with Crippen molar-refractivity contribution in [2.45, 2.75) is 98.8 Å². The molecule has 0 bridgehead atoms. The molecule has 0 aliphatic carbocycles. The fourth-order valence-electron chi connectivity index (χ4n) is 8.82. The maximum Gasteiger partial charge on any atom is 0.201 e. The van der Waals surface area contributed by atoms with Crippen LogP contribution in [0.15, 0.2) is 130 Å². The quantitative estimate of drug-likeness (QED) is 0.152. The van der Waals surface area contributed by atoms with Crippen LogP contribution < -0.4 is 0 Å². The average Bonchev–Trinajstić information content (AvgIpc) is 4.08. The van der Waals surface area contributed by atoms with Gasteiger partial charge < -0.3 is 23.4 Å². The van der Waals surface area contributed by atoms with Crippen molar-refractivity contribution in [3.8, 4) is 39.6 Å². The van der Waals surface area contributed by atoms with Crippen LogP contribution >= 0.6 is 0 Å². The van der Waals surface area contributed by atoms with Crippen molar-refractivity contribution in [3.05, 3.63) is 162 Å². The van der Waals surface area contributed by atoms with Gasteiger partial charge in [0.05, 0.1) is 28.3 Å². The Labute approximate surface area is 421 Å². The number of rotatable bonds is 6. The van der Waals surface area contributed by atoms with Gasteiger partial charge in [-0.1, -0.05) is 153 Å². The Hall–Kier alpha value is -6.87. The number of benzene rings is 6. The number of oxazole rings is 1. The normalized spacial score (nSPS) is 13.0. The Morgan fingerprint density at radius 3 is 2.04 bits per heavy atom. The van der Waals surface area contributed by atoms with Crippen molar-refractivity contribution >= 4 is 54.8 Å². The van der Waals surface area contributed by atoms with Crippen LogP contribution in [0.5, 0.6) is 0 Å². The smallest absolute Gasteiger partial charge is 0.201 e. The second-order valence-corrected chi connectivity index (χ2v) is 20.1. The fourth-order valence-corrected chi connectivity index (χ4v) is 8.82. The van der Waals surface area contributed by atoms with Crippen molar-refractivity contribution < 1.29 is 33.1 Å². The first-order valence-electron chi connectivity index (χ1n) is 24.7. The molecule has 0 aliphatic rings. The first-order valence-corrected chi connectivity index (χ1v) is 23.2. The van der Waals surface area contributed by atoms with Gasteiger partial charge in [0.15, 0.2) is 11.2 Å². The molecule has 0 atom stereocenters. The Bertz CT molecular complexity index is 3760. The van der Waals surface area contributed by atoms with Crippen molar-refractivity contribution in [1.82, 2.24) is 34.5 Å². The van der Waals surface area contributed by atoms with E-state index in [1.54, 1.807) is 6.20 Å². The molecule has 0 fully saturated rings. The molecule has 0 amide bonds. The Morgan fingerprint density at radius 1 is 0.652 bits per heavy atom. The molecule has 5 aromatic heterocycles. The zero-order chi connectivity index (χ0) is 50.1. The summed E-state index contributed by atoms with van der Waals surface area (Å²) in [5.74, 6) is 2.18. The summed E-state index contributed by atoms with van der Waals surface area (Å²) in [7, 11) is 0. The molecule has 0 N–H and O–H groups in total. The molecule has 5 heterocycles. The van der Waals surface area contributed by atoms with Crippen LogP contribution in [0, 0.1) is 19.1 Å². The summed E-state index contributed by atoms with van der Waals surface area (Å²) in [4.78, 5) is 26.4. The number of aromatic nitrogens is 7. The van der Waals surface area contributed by atoms with Gasteiger partial charge in [-0.05, 0) is 88.9 Å². The van der Waals surface area contributed by atoms with Gasteiger partial charge in [-0.2, -0.15) is 0 Å². The number of imidazole rings is 1. The molecular formula is C59H55IrN7O2-2. The van der Waals surface area contributed by atoms with Gasteiger partial charge >= 0.3 is 0 Å². The molecule has 69 heavy (non-hydrogen) atoms. The van der Waals surface area contributed by atoms with E-state index in [2.05, 4.69) is 197 Å². The van der Waals surface area contributed by atoms with E-state index in [0.29, 0.717) is 28.4 Å². The molecule has 0 spiro atoms. The second kappa shape index (κ2) is 18.2. The average molecular weight is 1090 g/mol. The number of fused-ring (bicyclic) bond motifs is 8. The largest absolute Gasteiger partial charge is 0.497 e. The van der Waals surface area contributed by atoms with Gasteiger partial charge in [0.25, 0.3) is 0 Å². The first kappa shape index (κ1) is 43.4. The number of nitrogens with zero attached hydrogens (tertiary/aromatic N) is 7. The van der Waals surface area contributed by atoms with E-state index in [1.807, 2.05) is 18.2 Å². The van der Waals surface area contributed by atoms with Crippen molar-refractivity contribution in [1.29, 1.82) is 0 Å². The maximum atomic E-state index is 7.22. The SMILES string of the molecule is CC(C)c1cc(-c2ccccc2)cc(C(C)C)c1-n1c(-c2[c-]ccc3c2oc2c3ccc3nc(C(C)(C)C)oc32)nc2ccc3ccccc3c21.[2H]C([2H])([2H])c1n[c-]c(-c2nccc(C(C)(C)C)n2)cn1.[Ir]. The monoisotopic (exact) mass is 1090 g/mol. The minimum absolute atomic E-state index is 0. The molecule has 11 rings (SSSR count). The first-order chi connectivity index (χ1) is 33.8. The van der Waals surface area contributed by atoms with Crippen LogP contribution in [0.3, 0.4) is 0 Å². The van der Waals surface area contributed by atoms with E-state index in [9.17, 15) is 0 Å². The van der Waals surface area contributed by atoms with E-state index >= 15 is 0 Å². The number of hydrogen-bond acceptors (Lipinski definition) is 8. The predicted octanol–water partition coefficient (Wildman–Crippen LogP) is 15.2. The maximum absolute atomic E-state index is 7.22. The van der Waals surface area contributed by atoms with Crippen molar-refractivity contribution in [3.63, 3.8) is 0 Å². The molecule has 11 aromatic rings. The van der Waals surface area contributed by atoms with Gasteiger partial charge in [0, 0.05) is 69.2 Å². The van der Waals surface area contributed by atoms with E-state index in [4.69, 9.17) is 22.9 Å². The van der Waals surface area contributed by atoms with E-state index < -0.39 is 6.85 Å². The minimum Gasteiger partial charge on any atom is -0.497 e. The molecule has 0 saturated carbocycles. The van der Waals surface area contributed by atoms with Gasteiger partial charge in [-0.3, -0.25) is 15.0 Å². The number of furan rings is 1. The summed E-state index contributed by atoms with van der Waals surface area (Å²) in [5, 5.41) is 4.30.